The summed E-state index contributed by atoms with van der Waals surface area (Å²) < 4.78 is 0. The molecule has 0 aromatic rings. The Morgan fingerprint density at radius 2 is 2.38 bits per heavy atom. The average molecular weight is 149 g/mol. The Morgan fingerprint density at radius 3 is 2.75 bits per heavy atom. The standard InChI is InChI=1S/C5H11NS2/c1-5(8-2)6-3-4-7/h7H,3-4H2,1-2H3. The van der Waals surface area contributed by atoms with Crippen LogP contribution in [0.4, 0.5) is 0 Å². The fraction of sp³-hybridized carbons (Fsp3) is 0.800. The highest BCUT2D eigenvalue weighted by atomic mass is 32.2. The predicted molar refractivity (Wildman–Crippen MR) is 45.3 cm³/mol. The minimum absolute atomic E-state index is 0.843. The molecular formula is C5H11NS2. The highest BCUT2D eigenvalue weighted by molar-refractivity contribution is 8.13. The molecule has 0 spiro atoms. The zero-order valence-electron chi connectivity index (χ0n) is 5.22. The molecular weight excluding hydrogens is 138 g/mol. The third-order valence-electron chi connectivity index (χ3n) is 0.730. The van der Waals surface area contributed by atoms with Crippen molar-refractivity contribution in [2.24, 2.45) is 4.99 Å². The van der Waals surface area contributed by atoms with Crippen molar-refractivity contribution in [3.8, 4) is 0 Å². The van der Waals surface area contributed by atoms with Crippen molar-refractivity contribution in [3.63, 3.8) is 0 Å². The molecule has 0 rings (SSSR count). The van der Waals surface area contributed by atoms with Crippen LogP contribution in [0.15, 0.2) is 4.99 Å². The Balaban J connectivity index is 3.26. The SMILES string of the molecule is CSC(C)=NCCS. The third kappa shape index (κ3) is 4.53. The summed E-state index contributed by atoms with van der Waals surface area (Å²) in [7, 11) is 0. The monoisotopic (exact) mass is 149 g/mol. The molecule has 0 aliphatic carbocycles. The molecule has 8 heavy (non-hydrogen) atoms. The number of hydrogen-bond donors (Lipinski definition) is 1. The van der Waals surface area contributed by atoms with E-state index in [0.717, 1.165) is 17.3 Å². The highest BCUT2D eigenvalue weighted by Crippen LogP contribution is 1.95. The van der Waals surface area contributed by atoms with E-state index in [9.17, 15) is 0 Å². The Morgan fingerprint density at radius 1 is 1.75 bits per heavy atom. The van der Waals surface area contributed by atoms with Crippen LogP contribution in [-0.2, 0) is 0 Å². The number of hydrogen-bond acceptors (Lipinski definition) is 3. The normalized spacial score (nSPS) is 12.1. The molecule has 0 bridgehead atoms. The van der Waals surface area contributed by atoms with E-state index < -0.39 is 0 Å². The van der Waals surface area contributed by atoms with Crippen LogP contribution in [0.2, 0.25) is 0 Å². The van der Waals surface area contributed by atoms with Crippen LogP contribution >= 0.6 is 24.4 Å². The molecule has 0 saturated carbocycles. The maximum atomic E-state index is 4.16. The van der Waals surface area contributed by atoms with Gasteiger partial charge in [0.25, 0.3) is 0 Å². The van der Waals surface area contributed by atoms with Crippen molar-refractivity contribution in [2.45, 2.75) is 6.92 Å². The molecule has 0 unspecified atom stereocenters. The second-order valence-electron chi connectivity index (χ2n) is 1.33. The van der Waals surface area contributed by atoms with Crippen molar-refractivity contribution < 1.29 is 0 Å². The molecule has 0 N–H and O–H groups in total. The largest absolute Gasteiger partial charge is 0.282 e. The summed E-state index contributed by atoms with van der Waals surface area (Å²) in [5.74, 6) is 0.845. The maximum Gasteiger partial charge on any atom is 0.0642 e. The highest BCUT2D eigenvalue weighted by Gasteiger charge is 1.81. The fourth-order valence-corrected chi connectivity index (χ4v) is 0.592. The molecule has 0 saturated heterocycles. The molecule has 0 aromatic carbocycles. The number of aliphatic imine (C=N–C) groups is 1. The minimum atomic E-state index is 0.843. The first-order valence-electron chi connectivity index (χ1n) is 2.47. The summed E-state index contributed by atoms with van der Waals surface area (Å²) in [5, 5.41) is 1.14. The van der Waals surface area contributed by atoms with Crippen LogP contribution in [0.5, 0.6) is 0 Å². The van der Waals surface area contributed by atoms with Gasteiger partial charge in [0.1, 0.15) is 0 Å². The van der Waals surface area contributed by atoms with Crippen molar-refractivity contribution in [1.82, 2.24) is 0 Å². The van der Waals surface area contributed by atoms with Gasteiger partial charge in [-0.25, -0.2) is 0 Å². The van der Waals surface area contributed by atoms with E-state index in [-0.39, 0.29) is 0 Å². The van der Waals surface area contributed by atoms with Crippen LogP contribution in [0.25, 0.3) is 0 Å². The third-order valence-corrected chi connectivity index (χ3v) is 1.65. The Hall–Kier alpha value is 0.370. The fourth-order valence-electron chi connectivity index (χ4n) is 0.272. The minimum Gasteiger partial charge on any atom is -0.282 e. The van der Waals surface area contributed by atoms with Gasteiger partial charge in [-0.15, -0.1) is 11.8 Å². The van der Waals surface area contributed by atoms with Gasteiger partial charge in [0.15, 0.2) is 0 Å². The van der Waals surface area contributed by atoms with Crippen LogP contribution in [0, 0.1) is 0 Å². The first-order valence-corrected chi connectivity index (χ1v) is 4.33. The second-order valence-corrected chi connectivity index (χ2v) is 2.77. The summed E-state index contributed by atoms with van der Waals surface area (Å²) in [6, 6.07) is 0. The first kappa shape index (κ1) is 8.37. The first-order chi connectivity index (χ1) is 3.81. The lowest BCUT2D eigenvalue weighted by Crippen LogP contribution is -1.86. The summed E-state index contributed by atoms with van der Waals surface area (Å²) >= 11 is 5.70. The van der Waals surface area contributed by atoms with Gasteiger partial charge < -0.3 is 0 Å². The smallest absolute Gasteiger partial charge is 0.0642 e. The van der Waals surface area contributed by atoms with E-state index in [1.54, 1.807) is 11.8 Å². The summed E-state index contributed by atoms with van der Waals surface area (Å²) in [5.41, 5.74) is 0. The van der Waals surface area contributed by atoms with Gasteiger partial charge in [0.05, 0.1) is 5.04 Å². The van der Waals surface area contributed by atoms with Crippen molar-refractivity contribution in [2.75, 3.05) is 18.6 Å². The van der Waals surface area contributed by atoms with E-state index >= 15 is 0 Å². The summed E-state index contributed by atoms with van der Waals surface area (Å²) in [6.45, 7) is 2.85. The van der Waals surface area contributed by atoms with Gasteiger partial charge in [-0.2, -0.15) is 12.6 Å². The number of rotatable bonds is 2. The van der Waals surface area contributed by atoms with E-state index in [1.807, 2.05) is 13.2 Å². The Kier molecular flexibility index (Phi) is 5.76. The molecule has 0 aliphatic rings. The molecule has 48 valence electrons. The van der Waals surface area contributed by atoms with Crippen LogP contribution in [-0.4, -0.2) is 23.6 Å². The summed E-state index contributed by atoms with van der Waals surface area (Å²) in [6.07, 6.45) is 2.03. The lowest BCUT2D eigenvalue weighted by molar-refractivity contribution is 1.15. The van der Waals surface area contributed by atoms with Gasteiger partial charge in [0.2, 0.25) is 0 Å². The van der Waals surface area contributed by atoms with Gasteiger partial charge >= 0.3 is 0 Å². The van der Waals surface area contributed by atoms with Crippen LogP contribution < -0.4 is 0 Å². The zero-order chi connectivity index (χ0) is 6.41. The maximum absolute atomic E-state index is 4.16. The number of thiol groups is 1. The molecule has 0 atom stereocenters. The van der Waals surface area contributed by atoms with E-state index in [2.05, 4.69) is 17.6 Å². The number of nitrogens with zero attached hydrogens (tertiary/aromatic N) is 1. The zero-order valence-corrected chi connectivity index (χ0v) is 6.93. The molecule has 0 fully saturated rings. The molecule has 0 aliphatic heterocycles. The Labute approximate surface area is 60.4 Å². The van der Waals surface area contributed by atoms with E-state index in [0.29, 0.717) is 0 Å². The average Bonchev–Trinajstić information content (AvgIpc) is 1.83. The van der Waals surface area contributed by atoms with Crippen molar-refractivity contribution in [1.29, 1.82) is 0 Å². The molecule has 3 heteroatoms. The van der Waals surface area contributed by atoms with E-state index in [4.69, 9.17) is 0 Å². The molecule has 0 radical (unpaired) electrons. The Bertz CT molecular complexity index is 80.5. The van der Waals surface area contributed by atoms with Crippen molar-refractivity contribution in [3.05, 3.63) is 0 Å². The van der Waals surface area contributed by atoms with Crippen LogP contribution in [0.1, 0.15) is 6.92 Å². The lowest BCUT2D eigenvalue weighted by Gasteiger charge is -1.90. The second kappa shape index (κ2) is 5.51. The quantitative estimate of drug-likeness (QED) is 0.358. The topological polar surface area (TPSA) is 12.4 Å². The number of thioether (sulfide) groups is 1. The summed E-state index contributed by atoms with van der Waals surface area (Å²) in [4.78, 5) is 4.16. The lowest BCUT2D eigenvalue weighted by atomic mass is 10.7. The molecule has 1 nitrogen and oxygen atoms in total. The predicted octanol–water partition coefficient (Wildman–Crippen LogP) is 1.70. The van der Waals surface area contributed by atoms with Gasteiger partial charge in [-0.1, -0.05) is 0 Å². The van der Waals surface area contributed by atoms with Gasteiger partial charge in [-0.3, -0.25) is 4.99 Å². The van der Waals surface area contributed by atoms with Crippen LogP contribution in [0.3, 0.4) is 0 Å². The molecule has 0 heterocycles. The van der Waals surface area contributed by atoms with Gasteiger partial charge in [0, 0.05) is 12.3 Å². The van der Waals surface area contributed by atoms with Crippen molar-refractivity contribution >= 4 is 29.4 Å². The molecule has 0 amide bonds. The van der Waals surface area contributed by atoms with Gasteiger partial charge in [-0.05, 0) is 13.2 Å². The molecule has 0 aromatic heterocycles. The van der Waals surface area contributed by atoms with E-state index in [1.165, 1.54) is 0 Å².